The third kappa shape index (κ3) is 7.40. The summed E-state index contributed by atoms with van der Waals surface area (Å²) in [6.07, 6.45) is 2.36. The summed E-state index contributed by atoms with van der Waals surface area (Å²) in [5.74, 6) is -3.83. The molecule has 2 aromatic heterocycles. The van der Waals surface area contributed by atoms with Gasteiger partial charge < -0.3 is 41.9 Å². The molecular formula is C31H38N6O6. The molecule has 0 spiro atoms. The van der Waals surface area contributed by atoms with Crippen molar-refractivity contribution < 1.29 is 29.4 Å². The second kappa shape index (κ2) is 13.5. The molecule has 4 rings (SSSR count). The van der Waals surface area contributed by atoms with Gasteiger partial charge in [-0.25, -0.2) is 4.79 Å². The number of aromatic nitrogens is 2. The van der Waals surface area contributed by atoms with Gasteiger partial charge in [-0.2, -0.15) is 0 Å². The Balaban J connectivity index is 1.51. The van der Waals surface area contributed by atoms with Gasteiger partial charge in [0.2, 0.25) is 17.7 Å². The summed E-state index contributed by atoms with van der Waals surface area (Å²) in [6, 6.07) is 10.1. The average Bonchev–Trinajstić information content (AvgIpc) is 3.57. The van der Waals surface area contributed by atoms with Crippen molar-refractivity contribution in [2.75, 3.05) is 0 Å². The minimum Gasteiger partial charge on any atom is -0.480 e. The minimum absolute atomic E-state index is 0.0204. The van der Waals surface area contributed by atoms with E-state index >= 15 is 0 Å². The second-order valence-corrected chi connectivity index (χ2v) is 11.1. The maximum absolute atomic E-state index is 13.5. The number of nitrogens with two attached hydrogens (primary N) is 1. The van der Waals surface area contributed by atoms with E-state index in [1.807, 2.05) is 48.5 Å². The second-order valence-electron chi connectivity index (χ2n) is 11.1. The first-order valence-corrected chi connectivity index (χ1v) is 14.1. The van der Waals surface area contributed by atoms with E-state index in [-0.39, 0.29) is 12.8 Å². The van der Waals surface area contributed by atoms with E-state index in [1.54, 1.807) is 26.2 Å². The number of benzene rings is 2. The molecule has 4 aromatic rings. The van der Waals surface area contributed by atoms with Crippen LogP contribution in [0.1, 0.15) is 31.9 Å². The highest BCUT2D eigenvalue weighted by molar-refractivity contribution is 5.95. The van der Waals surface area contributed by atoms with Crippen molar-refractivity contribution in [3.63, 3.8) is 0 Å². The quantitative estimate of drug-likeness (QED) is 0.115. The molecule has 43 heavy (non-hydrogen) atoms. The molecule has 5 atom stereocenters. The number of nitrogens with one attached hydrogen (secondary N) is 5. The molecule has 0 aliphatic carbocycles. The number of carbonyl (C=O) groups is 4. The van der Waals surface area contributed by atoms with Gasteiger partial charge in [0.15, 0.2) is 0 Å². The molecule has 0 unspecified atom stereocenters. The van der Waals surface area contributed by atoms with Gasteiger partial charge in [0.1, 0.15) is 18.1 Å². The van der Waals surface area contributed by atoms with Gasteiger partial charge in [-0.05, 0) is 42.5 Å². The number of hydrogen-bond acceptors (Lipinski definition) is 6. The fraction of sp³-hybridized carbons (Fsp3) is 0.355. The van der Waals surface area contributed by atoms with Crippen LogP contribution in [0.3, 0.4) is 0 Å². The molecule has 12 heteroatoms. The predicted molar refractivity (Wildman–Crippen MR) is 162 cm³/mol. The number of aliphatic hydroxyl groups excluding tert-OH is 1. The van der Waals surface area contributed by atoms with Crippen LogP contribution in [0.25, 0.3) is 21.8 Å². The molecular weight excluding hydrogens is 552 g/mol. The van der Waals surface area contributed by atoms with Gasteiger partial charge in [0.05, 0.1) is 12.1 Å². The number of carbonyl (C=O) groups excluding carboxylic acids is 3. The minimum atomic E-state index is -1.43. The molecule has 0 fully saturated rings. The van der Waals surface area contributed by atoms with Crippen LogP contribution in [0.2, 0.25) is 0 Å². The monoisotopic (exact) mass is 590 g/mol. The Morgan fingerprint density at radius 2 is 1.26 bits per heavy atom. The molecule has 0 aliphatic heterocycles. The highest BCUT2D eigenvalue weighted by Crippen LogP contribution is 2.20. The summed E-state index contributed by atoms with van der Waals surface area (Å²) in [5, 5.41) is 29.5. The highest BCUT2D eigenvalue weighted by atomic mass is 16.4. The number of hydrogen-bond donors (Lipinski definition) is 8. The number of H-pyrrole nitrogens is 2. The van der Waals surface area contributed by atoms with E-state index < -0.39 is 59.9 Å². The van der Waals surface area contributed by atoms with Gasteiger partial charge >= 0.3 is 5.97 Å². The van der Waals surface area contributed by atoms with Crippen molar-refractivity contribution in [1.82, 2.24) is 25.9 Å². The van der Waals surface area contributed by atoms with Gasteiger partial charge in [0.25, 0.3) is 0 Å². The number of aromatic amines is 2. The maximum atomic E-state index is 13.5. The van der Waals surface area contributed by atoms with Crippen molar-refractivity contribution in [3.8, 4) is 0 Å². The lowest BCUT2D eigenvalue weighted by Crippen LogP contribution is -2.60. The van der Waals surface area contributed by atoms with E-state index in [0.29, 0.717) is 5.56 Å². The molecule has 3 amide bonds. The molecule has 0 saturated heterocycles. The maximum Gasteiger partial charge on any atom is 0.326 e. The number of amides is 3. The van der Waals surface area contributed by atoms with Gasteiger partial charge in [-0.1, -0.05) is 50.2 Å². The summed E-state index contributed by atoms with van der Waals surface area (Å²) in [4.78, 5) is 57.9. The summed E-state index contributed by atoms with van der Waals surface area (Å²) in [7, 11) is 0. The largest absolute Gasteiger partial charge is 0.480 e. The standard InChI is InChI=1S/C31H38N6O6/c1-16(2)26(31(42)43)36-29(40)25(13-19-15-34-24-11-7-5-9-21(19)24)35-30(41)27(17(3)38)37-28(39)22(32)12-18-14-33-23-10-6-4-8-20(18)23/h4-11,14-17,22,25-27,33-34,38H,12-13,32H2,1-3H3,(H,35,41)(H,36,40)(H,37,39)(H,42,43)/t17-,22+,25+,26+,27+/m1/s1. The molecule has 0 radical (unpaired) electrons. The fourth-order valence-corrected chi connectivity index (χ4v) is 5.05. The van der Waals surface area contributed by atoms with Crippen molar-refractivity contribution in [3.05, 3.63) is 72.1 Å². The van der Waals surface area contributed by atoms with Crippen molar-refractivity contribution >= 4 is 45.5 Å². The number of para-hydroxylation sites is 2. The highest BCUT2D eigenvalue weighted by Gasteiger charge is 2.33. The lowest BCUT2D eigenvalue weighted by Gasteiger charge is -2.27. The van der Waals surface area contributed by atoms with Crippen molar-refractivity contribution in [2.45, 2.75) is 63.9 Å². The third-order valence-electron chi connectivity index (χ3n) is 7.48. The number of fused-ring (bicyclic) bond motifs is 2. The molecule has 2 aromatic carbocycles. The Hall–Kier alpha value is -4.68. The van der Waals surface area contributed by atoms with Gasteiger partial charge in [-0.3, -0.25) is 14.4 Å². The summed E-state index contributed by atoms with van der Waals surface area (Å²) < 4.78 is 0. The Morgan fingerprint density at radius 3 is 1.77 bits per heavy atom. The molecule has 228 valence electrons. The number of rotatable bonds is 13. The fourth-order valence-electron chi connectivity index (χ4n) is 5.05. The first-order valence-electron chi connectivity index (χ1n) is 14.1. The van der Waals surface area contributed by atoms with E-state index in [1.165, 1.54) is 6.92 Å². The van der Waals surface area contributed by atoms with Crippen LogP contribution in [0.4, 0.5) is 0 Å². The van der Waals surface area contributed by atoms with E-state index in [4.69, 9.17) is 5.73 Å². The summed E-state index contributed by atoms with van der Waals surface area (Å²) in [6.45, 7) is 4.65. The lowest BCUT2D eigenvalue weighted by atomic mass is 10.0. The number of aliphatic hydroxyl groups is 1. The Labute approximate surface area is 248 Å². The summed E-state index contributed by atoms with van der Waals surface area (Å²) >= 11 is 0. The van der Waals surface area contributed by atoms with Crippen LogP contribution in [-0.4, -0.2) is 74.1 Å². The van der Waals surface area contributed by atoms with E-state index in [0.717, 1.165) is 27.4 Å². The topological polar surface area (TPSA) is 202 Å². The van der Waals surface area contributed by atoms with Gasteiger partial charge in [0, 0.05) is 40.6 Å². The van der Waals surface area contributed by atoms with Gasteiger partial charge in [-0.15, -0.1) is 0 Å². The van der Waals surface area contributed by atoms with Crippen LogP contribution in [-0.2, 0) is 32.0 Å². The average molecular weight is 591 g/mol. The lowest BCUT2D eigenvalue weighted by molar-refractivity contribution is -0.143. The molecule has 0 saturated carbocycles. The molecule has 12 nitrogen and oxygen atoms in total. The van der Waals surface area contributed by atoms with E-state index in [9.17, 15) is 29.4 Å². The first-order chi connectivity index (χ1) is 20.5. The van der Waals surface area contributed by atoms with Crippen LogP contribution >= 0.6 is 0 Å². The van der Waals surface area contributed by atoms with Crippen LogP contribution in [0.5, 0.6) is 0 Å². The van der Waals surface area contributed by atoms with Crippen LogP contribution in [0, 0.1) is 5.92 Å². The van der Waals surface area contributed by atoms with Crippen molar-refractivity contribution in [2.24, 2.45) is 11.7 Å². The third-order valence-corrected chi connectivity index (χ3v) is 7.48. The number of carboxylic acid groups (broad SMARTS) is 1. The molecule has 2 heterocycles. The first kappa shape index (κ1) is 31.3. The Morgan fingerprint density at radius 1 is 0.744 bits per heavy atom. The predicted octanol–water partition coefficient (Wildman–Crippen LogP) is 1.34. The summed E-state index contributed by atoms with van der Waals surface area (Å²) in [5.41, 5.74) is 9.45. The normalized spacial score (nSPS) is 15.0. The zero-order valence-electron chi connectivity index (χ0n) is 24.3. The molecule has 0 aliphatic rings. The number of aliphatic carboxylic acids is 1. The molecule has 9 N–H and O–H groups in total. The van der Waals surface area contributed by atoms with Crippen LogP contribution < -0.4 is 21.7 Å². The Kier molecular flexibility index (Phi) is 9.84. The molecule has 0 bridgehead atoms. The smallest absolute Gasteiger partial charge is 0.326 e. The zero-order valence-corrected chi connectivity index (χ0v) is 24.3. The SMILES string of the molecule is CC(C)[C@H](NC(=O)[C@H](Cc1c[nH]c2ccccc12)NC(=O)[C@@H](NC(=O)[C@@H](N)Cc1c[nH]c2ccccc12)[C@@H](C)O)C(=O)O. The van der Waals surface area contributed by atoms with E-state index in [2.05, 4.69) is 25.9 Å². The van der Waals surface area contributed by atoms with Crippen molar-refractivity contribution in [1.29, 1.82) is 0 Å². The number of carboxylic acids is 1. The Bertz CT molecular complexity index is 1610. The van der Waals surface area contributed by atoms with Crippen LogP contribution in [0.15, 0.2) is 60.9 Å². The zero-order chi connectivity index (χ0) is 31.3.